The smallest absolute Gasteiger partial charge is 0.243 e. The summed E-state index contributed by atoms with van der Waals surface area (Å²) in [5.74, 6) is -0.396. The van der Waals surface area contributed by atoms with Gasteiger partial charge in [-0.3, -0.25) is 14.9 Å². The lowest BCUT2D eigenvalue weighted by molar-refractivity contribution is -0.135. The van der Waals surface area contributed by atoms with Crippen LogP contribution in [0, 0.1) is 0 Å². The highest BCUT2D eigenvalue weighted by molar-refractivity contribution is 6.00. The van der Waals surface area contributed by atoms with Gasteiger partial charge < -0.3 is 10.1 Å². The summed E-state index contributed by atoms with van der Waals surface area (Å²) in [5.41, 5.74) is -0.479. The molecule has 0 aromatic heterocycles. The average molecular weight is 254 g/mol. The molecule has 2 rings (SSSR count). The van der Waals surface area contributed by atoms with E-state index in [-0.39, 0.29) is 35.1 Å². The highest BCUT2D eigenvalue weighted by atomic mass is 16.5. The van der Waals surface area contributed by atoms with Crippen LogP contribution in [-0.4, -0.2) is 35.1 Å². The number of imide groups is 1. The Morgan fingerprint density at radius 3 is 2.44 bits per heavy atom. The maximum absolute atomic E-state index is 11.7. The molecule has 2 aliphatic rings. The molecule has 2 unspecified atom stereocenters. The van der Waals surface area contributed by atoms with Gasteiger partial charge in [0, 0.05) is 12.5 Å². The van der Waals surface area contributed by atoms with Gasteiger partial charge in [0.25, 0.3) is 0 Å². The Balaban J connectivity index is 2.01. The molecule has 0 radical (unpaired) electrons. The monoisotopic (exact) mass is 254 g/mol. The van der Waals surface area contributed by atoms with Crippen LogP contribution in [0.4, 0.5) is 0 Å². The fraction of sp³-hybridized carbons (Fsp3) is 0.846. The molecule has 0 saturated carbocycles. The van der Waals surface area contributed by atoms with Crippen LogP contribution in [-0.2, 0) is 14.3 Å². The summed E-state index contributed by atoms with van der Waals surface area (Å²) in [4.78, 5) is 22.8. The molecular weight excluding hydrogens is 232 g/mol. The molecule has 2 heterocycles. The molecule has 2 amide bonds. The summed E-state index contributed by atoms with van der Waals surface area (Å²) in [6.07, 6.45) is 1.83. The number of hydrogen-bond acceptors (Lipinski definition) is 4. The second-order valence-corrected chi connectivity index (χ2v) is 6.39. The first-order valence-corrected chi connectivity index (χ1v) is 6.49. The Morgan fingerprint density at radius 2 is 1.94 bits per heavy atom. The molecular formula is C13H22N2O3. The number of nitrogens with one attached hydrogen (secondary N) is 2. The van der Waals surface area contributed by atoms with E-state index in [9.17, 15) is 9.59 Å². The topological polar surface area (TPSA) is 67.4 Å². The van der Waals surface area contributed by atoms with E-state index in [1.54, 1.807) is 0 Å². The van der Waals surface area contributed by atoms with E-state index in [1.165, 1.54) is 0 Å². The Hall–Kier alpha value is -0.940. The summed E-state index contributed by atoms with van der Waals surface area (Å²) in [6, 6.07) is -0.166. The molecule has 2 saturated heterocycles. The Bertz CT molecular complexity index is 376. The molecule has 0 spiro atoms. The third-order valence-corrected chi connectivity index (χ3v) is 3.72. The van der Waals surface area contributed by atoms with Gasteiger partial charge in [-0.1, -0.05) is 0 Å². The lowest BCUT2D eigenvalue weighted by Crippen LogP contribution is -2.56. The van der Waals surface area contributed by atoms with E-state index in [0.717, 1.165) is 6.42 Å². The lowest BCUT2D eigenvalue weighted by atomic mass is 9.92. The highest BCUT2D eigenvalue weighted by Gasteiger charge is 2.47. The van der Waals surface area contributed by atoms with Crippen molar-refractivity contribution in [1.29, 1.82) is 0 Å². The second kappa shape index (κ2) is 4.31. The van der Waals surface area contributed by atoms with Crippen LogP contribution in [0.15, 0.2) is 0 Å². The molecule has 2 aliphatic heterocycles. The Morgan fingerprint density at radius 1 is 1.28 bits per heavy atom. The minimum absolute atomic E-state index is 0.122. The molecule has 2 fully saturated rings. The minimum atomic E-state index is -0.300. The van der Waals surface area contributed by atoms with Crippen molar-refractivity contribution in [2.45, 2.75) is 70.2 Å². The van der Waals surface area contributed by atoms with Crippen molar-refractivity contribution in [1.82, 2.24) is 10.6 Å². The van der Waals surface area contributed by atoms with Gasteiger partial charge in [-0.15, -0.1) is 0 Å². The van der Waals surface area contributed by atoms with Gasteiger partial charge in [-0.25, -0.2) is 0 Å². The molecule has 0 aliphatic carbocycles. The first-order chi connectivity index (χ1) is 8.20. The molecule has 0 bridgehead atoms. The highest BCUT2D eigenvalue weighted by Crippen LogP contribution is 2.37. The van der Waals surface area contributed by atoms with Crippen molar-refractivity contribution in [3.05, 3.63) is 0 Å². The van der Waals surface area contributed by atoms with Crippen molar-refractivity contribution >= 4 is 11.8 Å². The molecule has 5 nitrogen and oxygen atoms in total. The predicted molar refractivity (Wildman–Crippen MR) is 67.0 cm³/mol. The zero-order valence-electron chi connectivity index (χ0n) is 11.5. The maximum atomic E-state index is 11.7. The van der Waals surface area contributed by atoms with Crippen LogP contribution in [0.25, 0.3) is 0 Å². The van der Waals surface area contributed by atoms with Gasteiger partial charge >= 0.3 is 0 Å². The third kappa shape index (κ3) is 2.72. The number of amides is 2. The van der Waals surface area contributed by atoms with Crippen molar-refractivity contribution in [2.75, 3.05) is 0 Å². The van der Waals surface area contributed by atoms with E-state index in [4.69, 9.17) is 4.74 Å². The van der Waals surface area contributed by atoms with Crippen LogP contribution < -0.4 is 10.6 Å². The summed E-state index contributed by atoms with van der Waals surface area (Å²) >= 11 is 0. The second-order valence-electron chi connectivity index (χ2n) is 6.39. The largest absolute Gasteiger partial charge is 0.368 e. The molecule has 2 N–H and O–H groups in total. The van der Waals surface area contributed by atoms with Crippen LogP contribution in [0.1, 0.15) is 47.0 Å². The number of ether oxygens (including phenoxy) is 1. The molecule has 2 atom stereocenters. The third-order valence-electron chi connectivity index (χ3n) is 3.72. The van der Waals surface area contributed by atoms with Crippen molar-refractivity contribution < 1.29 is 14.3 Å². The molecule has 18 heavy (non-hydrogen) atoms. The summed E-state index contributed by atoms with van der Waals surface area (Å²) in [5, 5.41) is 5.71. The van der Waals surface area contributed by atoms with Crippen LogP contribution in [0.2, 0.25) is 0 Å². The zero-order valence-corrected chi connectivity index (χ0v) is 11.5. The first kappa shape index (κ1) is 13.5. The number of hydrogen-bond donors (Lipinski definition) is 2. The van der Waals surface area contributed by atoms with Crippen molar-refractivity contribution in [3.63, 3.8) is 0 Å². The number of piperidine rings is 1. The first-order valence-electron chi connectivity index (χ1n) is 6.49. The zero-order chi connectivity index (χ0) is 13.6. The standard InChI is InChI=1S/C13H22N2O3/c1-12(2)7-9(13(3,4)18-12)14-8-5-6-10(16)15-11(8)17/h8-9,14H,5-7H2,1-4H3,(H,15,16,17). The van der Waals surface area contributed by atoms with Gasteiger partial charge in [0.2, 0.25) is 11.8 Å². The lowest BCUT2D eigenvalue weighted by Gasteiger charge is -2.31. The normalized spacial score (nSPS) is 34.4. The van der Waals surface area contributed by atoms with Gasteiger partial charge in [-0.05, 0) is 40.5 Å². The number of carbonyl (C=O) groups is 2. The summed E-state index contributed by atoms with van der Waals surface area (Å²) in [6.45, 7) is 8.18. The van der Waals surface area contributed by atoms with Gasteiger partial charge in [0.05, 0.1) is 17.2 Å². The Kier molecular flexibility index (Phi) is 3.23. The predicted octanol–water partition coefficient (Wildman–Crippen LogP) is 0.727. The molecule has 5 heteroatoms. The van der Waals surface area contributed by atoms with Crippen LogP contribution in [0.3, 0.4) is 0 Å². The van der Waals surface area contributed by atoms with Gasteiger partial charge in [0.1, 0.15) is 0 Å². The summed E-state index contributed by atoms with van der Waals surface area (Å²) < 4.78 is 5.99. The fourth-order valence-corrected chi connectivity index (χ4v) is 2.92. The number of rotatable bonds is 2. The van der Waals surface area contributed by atoms with E-state index >= 15 is 0 Å². The van der Waals surface area contributed by atoms with Crippen LogP contribution in [0.5, 0.6) is 0 Å². The van der Waals surface area contributed by atoms with E-state index in [2.05, 4.69) is 24.5 Å². The van der Waals surface area contributed by atoms with Crippen molar-refractivity contribution in [2.24, 2.45) is 0 Å². The summed E-state index contributed by atoms with van der Waals surface area (Å²) in [7, 11) is 0. The average Bonchev–Trinajstić information content (AvgIpc) is 2.39. The van der Waals surface area contributed by atoms with Crippen molar-refractivity contribution in [3.8, 4) is 0 Å². The molecule has 0 aromatic carbocycles. The molecule has 102 valence electrons. The van der Waals surface area contributed by atoms with E-state index in [0.29, 0.717) is 12.8 Å². The van der Waals surface area contributed by atoms with E-state index < -0.39 is 0 Å². The maximum Gasteiger partial charge on any atom is 0.243 e. The quantitative estimate of drug-likeness (QED) is 0.713. The minimum Gasteiger partial charge on any atom is -0.368 e. The Labute approximate surface area is 108 Å². The SMILES string of the molecule is CC1(C)CC(NC2CCC(=O)NC2=O)C(C)(C)O1. The van der Waals surface area contributed by atoms with Crippen LogP contribution >= 0.6 is 0 Å². The van der Waals surface area contributed by atoms with Gasteiger partial charge in [0.15, 0.2) is 0 Å². The van der Waals surface area contributed by atoms with E-state index in [1.807, 2.05) is 13.8 Å². The fourth-order valence-electron chi connectivity index (χ4n) is 2.92. The van der Waals surface area contributed by atoms with Gasteiger partial charge in [-0.2, -0.15) is 0 Å². The molecule has 0 aromatic rings. The number of carbonyl (C=O) groups excluding carboxylic acids is 2.